The molecular weight excluding hydrogens is 208 g/mol. The number of hydrogen-bond donors (Lipinski definition) is 1. The number of piperidine rings is 1. The summed E-state index contributed by atoms with van der Waals surface area (Å²) in [5, 5.41) is 8.53. The highest BCUT2D eigenvalue weighted by molar-refractivity contribution is 5.79. The average Bonchev–Trinajstić information content (AvgIpc) is 2.17. The van der Waals surface area contributed by atoms with Crippen LogP contribution in [0, 0.1) is 5.92 Å². The van der Waals surface area contributed by atoms with Crippen LogP contribution < -0.4 is 0 Å². The molecule has 15 heavy (non-hydrogen) atoms. The summed E-state index contributed by atoms with van der Waals surface area (Å²) in [6.07, 6.45) is -1.92. The molecule has 1 fully saturated rings. The van der Waals surface area contributed by atoms with Gasteiger partial charge in [-0.1, -0.05) is 0 Å². The van der Waals surface area contributed by atoms with Gasteiger partial charge in [0.15, 0.2) is 0 Å². The molecule has 0 aromatic heterocycles. The Kier molecular flexibility index (Phi) is 3.99. The molecule has 1 saturated heterocycles. The Morgan fingerprint density at radius 3 is 2.27 bits per heavy atom. The first kappa shape index (κ1) is 11.9. The van der Waals surface area contributed by atoms with Crippen molar-refractivity contribution < 1.29 is 23.5 Å². The van der Waals surface area contributed by atoms with Gasteiger partial charge < -0.3 is 10.0 Å². The van der Waals surface area contributed by atoms with E-state index in [0.717, 1.165) is 4.90 Å². The monoisotopic (exact) mass is 221 g/mol. The summed E-state index contributed by atoms with van der Waals surface area (Å²) >= 11 is 0. The van der Waals surface area contributed by atoms with Gasteiger partial charge in [-0.05, 0) is 18.8 Å². The van der Waals surface area contributed by atoms with Gasteiger partial charge in [0.25, 0.3) is 5.91 Å². The smallest absolute Gasteiger partial charge is 0.315 e. The number of carboxylic acid groups (broad SMARTS) is 1. The Morgan fingerprint density at radius 2 is 1.87 bits per heavy atom. The Hall–Kier alpha value is -1.20. The van der Waals surface area contributed by atoms with E-state index in [-0.39, 0.29) is 25.4 Å². The maximum absolute atomic E-state index is 12.0. The standard InChI is InChI=1S/C9H13F2NO3/c10-8(11)9(15)12-3-1-6(2-4-12)5-7(13)14/h6,8H,1-5H2,(H,13,14). The fraction of sp³-hybridized carbons (Fsp3) is 0.778. The highest BCUT2D eigenvalue weighted by Gasteiger charge is 2.28. The van der Waals surface area contributed by atoms with E-state index >= 15 is 0 Å². The molecule has 0 radical (unpaired) electrons. The number of aliphatic carboxylic acids is 1. The summed E-state index contributed by atoms with van der Waals surface area (Å²) in [6, 6.07) is 0. The first-order valence-corrected chi connectivity index (χ1v) is 4.79. The Balaban J connectivity index is 2.35. The summed E-state index contributed by atoms with van der Waals surface area (Å²) in [7, 11) is 0. The highest BCUT2D eigenvalue weighted by atomic mass is 19.3. The molecule has 0 atom stereocenters. The van der Waals surface area contributed by atoms with E-state index in [1.807, 2.05) is 0 Å². The molecule has 0 unspecified atom stereocenters. The Morgan fingerprint density at radius 1 is 1.33 bits per heavy atom. The lowest BCUT2D eigenvalue weighted by Gasteiger charge is -2.31. The van der Waals surface area contributed by atoms with Gasteiger partial charge in [-0.2, -0.15) is 8.78 Å². The zero-order valence-corrected chi connectivity index (χ0v) is 8.16. The van der Waals surface area contributed by atoms with Crippen molar-refractivity contribution in [2.45, 2.75) is 25.7 Å². The van der Waals surface area contributed by atoms with Crippen LogP contribution >= 0.6 is 0 Å². The molecule has 6 heteroatoms. The summed E-state index contributed by atoms with van der Waals surface area (Å²) in [5.74, 6) is -2.03. The molecular formula is C9H13F2NO3. The minimum Gasteiger partial charge on any atom is -0.481 e. The molecule has 1 rings (SSSR count). The Bertz CT molecular complexity index is 250. The lowest BCUT2D eigenvalue weighted by molar-refractivity contribution is -0.144. The van der Waals surface area contributed by atoms with Gasteiger partial charge in [0.05, 0.1) is 0 Å². The second-order valence-electron chi connectivity index (χ2n) is 3.67. The summed E-state index contributed by atoms with van der Waals surface area (Å²) in [6.45, 7) is 0.474. The van der Waals surface area contributed by atoms with Crippen molar-refractivity contribution in [2.75, 3.05) is 13.1 Å². The van der Waals surface area contributed by atoms with Gasteiger partial charge in [-0.25, -0.2) is 0 Å². The third-order valence-electron chi connectivity index (χ3n) is 2.58. The molecule has 0 aliphatic carbocycles. The van der Waals surface area contributed by atoms with Gasteiger partial charge in [0.1, 0.15) is 0 Å². The number of carboxylic acids is 1. The van der Waals surface area contributed by atoms with Crippen molar-refractivity contribution in [3.05, 3.63) is 0 Å². The molecule has 1 N–H and O–H groups in total. The minimum atomic E-state index is -2.96. The third kappa shape index (κ3) is 3.45. The van der Waals surface area contributed by atoms with E-state index in [4.69, 9.17) is 5.11 Å². The summed E-state index contributed by atoms with van der Waals surface area (Å²) in [5.41, 5.74) is 0. The second kappa shape index (κ2) is 5.04. The zero-order chi connectivity index (χ0) is 11.4. The Labute approximate surface area is 85.9 Å². The van der Waals surface area contributed by atoms with E-state index in [1.54, 1.807) is 0 Å². The number of carbonyl (C=O) groups excluding carboxylic acids is 1. The van der Waals surface area contributed by atoms with Gasteiger partial charge in [0, 0.05) is 19.5 Å². The quantitative estimate of drug-likeness (QED) is 0.772. The molecule has 4 nitrogen and oxygen atoms in total. The van der Waals surface area contributed by atoms with Crippen LogP contribution in [0.3, 0.4) is 0 Å². The van der Waals surface area contributed by atoms with Crippen LogP contribution in [0.25, 0.3) is 0 Å². The largest absolute Gasteiger partial charge is 0.481 e. The number of rotatable bonds is 3. The molecule has 1 heterocycles. The van der Waals surface area contributed by atoms with E-state index in [9.17, 15) is 18.4 Å². The second-order valence-corrected chi connectivity index (χ2v) is 3.67. The molecule has 1 amide bonds. The predicted molar refractivity (Wildman–Crippen MR) is 47.6 cm³/mol. The van der Waals surface area contributed by atoms with Crippen molar-refractivity contribution in [3.63, 3.8) is 0 Å². The van der Waals surface area contributed by atoms with Crippen LogP contribution in [0.4, 0.5) is 8.78 Å². The average molecular weight is 221 g/mol. The van der Waals surface area contributed by atoms with E-state index in [2.05, 4.69) is 0 Å². The highest BCUT2D eigenvalue weighted by Crippen LogP contribution is 2.21. The molecule has 1 aliphatic rings. The number of hydrogen-bond acceptors (Lipinski definition) is 2. The van der Waals surface area contributed by atoms with Crippen molar-refractivity contribution in [1.29, 1.82) is 0 Å². The lowest BCUT2D eigenvalue weighted by atomic mass is 9.93. The van der Waals surface area contributed by atoms with Crippen LogP contribution in [-0.4, -0.2) is 41.4 Å². The number of halogens is 2. The van der Waals surface area contributed by atoms with E-state index in [0.29, 0.717) is 12.8 Å². The maximum atomic E-state index is 12.0. The fourth-order valence-electron chi connectivity index (χ4n) is 1.74. The molecule has 0 aromatic rings. The maximum Gasteiger partial charge on any atom is 0.315 e. The van der Waals surface area contributed by atoms with Crippen molar-refractivity contribution in [2.24, 2.45) is 5.92 Å². The van der Waals surface area contributed by atoms with Crippen molar-refractivity contribution >= 4 is 11.9 Å². The van der Waals surface area contributed by atoms with Gasteiger partial charge >= 0.3 is 12.4 Å². The number of alkyl halides is 2. The first-order chi connectivity index (χ1) is 7.00. The predicted octanol–water partition coefficient (Wildman–Crippen LogP) is 0.965. The van der Waals surface area contributed by atoms with Crippen LogP contribution in [0.15, 0.2) is 0 Å². The number of nitrogens with zero attached hydrogens (tertiary/aromatic N) is 1. The topological polar surface area (TPSA) is 57.6 Å². The van der Waals surface area contributed by atoms with Crippen LogP contribution in [-0.2, 0) is 9.59 Å². The van der Waals surface area contributed by atoms with Crippen LogP contribution in [0.5, 0.6) is 0 Å². The molecule has 0 aromatic carbocycles. The van der Waals surface area contributed by atoms with E-state index < -0.39 is 18.3 Å². The molecule has 86 valence electrons. The van der Waals surface area contributed by atoms with Crippen molar-refractivity contribution in [3.8, 4) is 0 Å². The molecule has 0 saturated carbocycles. The fourth-order valence-corrected chi connectivity index (χ4v) is 1.74. The van der Waals surface area contributed by atoms with Gasteiger partial charge in [-0.15, -0.1) is 0 Å². The minimum absolute atomic E-state index is 0.00391. The van der Waals surface area contributed by atoms with Crippen LogP contribution in [0.1, 0.15) is 19.3 Å². The number of likely N-dealkylation sites (tertiary alicyclic amines) is 1. The van der Waals surface area contributed by atoms with Gasteiger partial charge in [-0.3, -0.25) is 9.59 Å². The van der Waals surface area contributed by atoms with Gasteiger partial charge in [0.2, 0.25) is 0 Å². The normalized spacial score (nSPS) is 18.2. The molecule has 0 bridgehead atoms. The van der Waals surface area contributed by atoms with E-state index in [1.165, 1.54) is 0 Å². The summed E-state index contributed by atoms with van der Waals surface area (Å²) in [4.78, 5) is 22.4. The molecule has 1 aliphatic heterocycles. The number of amides is 1. The summed E-state index contributed by atoms with van der Waals surface area (Å²) < 4.78 is 24.1. The lowest BCUT2D eigenvalue weighted by Crippen LogP contribution is -2.41. The molecule has 0 spiro atoms. The SMILES string of the molecule is O=C(O)CC1CCN(C(=O)C(F)F)CC1. The van der Waals surface area contributed by atoms with Crippen LogP contribution in [0.2, 0.25) is 0 Å². The third-order valence-corrected chi connectivity index (χ3v) is 2.58. The van der Waals surface area contributed by atoms with Crippen molar-refractivity contribution in [1.82, 2.24) is 4.90 Å². The zero-order valence-electron chi connectivity index (χ0n) is 8.16. The number of carbonyl (C=O) groups is 2. The first-order valence-electron chi connectivity index (χ1n) is 4.79.